The normalized spacial score (nSPS) is 21.9. The van der Waals surface area contributed by atoms with E-state index in [1.807, 2.05) is 5.32 Å². The topological polar surface area (TPSA) is 120 Å². The van der Waals surface area contributed by atoms with Crippen LogP contribution in [0.15, 0.2) is 54.4 Å². The molecule has 5 heterocycles. The molecule has 0 radical (unpaired) electrons. The lowest BCUT2D eigenvalue weighted by molar-refractivity contribution is -0.158. The fourth-order valence-corrected chi connectivity index (χ4v) is 4.29. The molecule has 2 aromatic rings. The molecule has 11 nitrogen and oxygen atoms in total. The Hall–Kier alpha value is -4.10. The van der Waals surface area contributed by atoms with E-state index in [1.54, 1.807) is 24.4 Å². The number of hydrogen-bond donors (Lipinski definition) is 3. The summed E-state index contributed by atoms with van der Waals surface area (Å²) in [7, 11) is 0. The van der Waals surface area contributed by atoms with Gasteiger partial charge in [0, 0.05) is 25.4 Å². The van der Waals surface area contributed by atoms with Crippen LogP contribution in [0, 0.1) is 0 Å². The zero-order valence-electron chi connectivity index (χ0n) is 18.5. The molecule has 0 aromatic carbocycles. The van der Waals surface area contributed by atoms with E-state index >= 15 is 0 Å². The molecule has 0 spiro atoms. The summed E-state index contributed by atoms with van der Waals surface area (Å²) in [4.78, 5) is 33.7. The van der Waals surface area contributed by atoms with Crippen LogP contribution < -0.4 is 16.0 Å². The van der Waals surface area contributed by atoms with Gasteiger partial charge < -0.3 is 15.5 Å². The Morgan fingerprint density at radius 2 is 2.11 bits per heavy atom. The van der Waals surface area contributed by atoms with Crippen LogP contribution >= 0.6 is 0 Å². The number of nitrogens with zero attached hydrogens (tertiary/aromatic N) is 6. The van der Waals surface area contributed by atoms with Crippen LogP contribution in [0.3, 0.4) is 0 Å². The molecule has 0 saturated carbocycles. The van der Waals surface area contributed by atoms with E-state index in [4.69, 9.17) is 0 Å². The highest BCUT2D eigenvalue weighted by Gasteiger charge is 2.43. The summed E-state index contributed by atoms with van der Waals surface area (Å²) in [5.41, 5.74) is 1.35. The quantitative estimate of drug-likeness (QED) is 0.593. The molecule has 0 aliphatic carbocycles. The number of alkyl halides is 3. The van der Waals surface area contributed by atoms with Gasteiger partial charge in [0.15, 0.2) is 0 Å². The number of amides is 3. The van der Waals surface area contributed by atoms with Crippen molar-refractivity contribution in [1.29, 1.82) is 0 Å². The molecule has 2 aromatic heterocycles. The number of aromatic nitrogens is 4. The minimum atomic E-state index is -4.56. The second-order valence-corrected chi connectivity index (χ2v) is 8.42. The Morgan fingerprint density at radius 1 is 1.29 bits per heavy atom. The first-order chi connectivity index (χ1) is 16.7. The van der Waals surface area contributed by atoms with Crippen LogP contribution in [0.1, 0.15) is 13.3 Å². The van der Waals surface area contributed by atoms with Crippen molar-refractivity contribution in [1.82, 2.24) is 40.4 Å². The predicted molar refractivity (Wildman–Crippen MR) is 117 cm³/mol. The summed E-state index contributed by atoms with van der Waals surface area (Å²) in [6, 6.07) is -0.382. The minimum absolute atomic E-state index is 0.177. The minimum Gasteiger partial charge on any atom is -0.366 e. The van der Waals surface area contributed by atoms with Gasteiger partial charge in [0.1, 0.15) is 23.7 Å². The van der Waals surface area contributed by atoms with Gasteiger partial charge in [0.2, 0.25) is 5.91 Å². The van der Waals surface area contributed by atoms with E-state index in [0.29, 0.717) is 36.7 Å². The molecule has 3 atom stereocenters. The number of pyridine rings is 1. The van der Waals surface area contributed by atoms with Gasteiger partial charge in [-0.3, -0.25) is 15.0 Å². The molecular weight excluding hydrogens is 467 g/mol. The number of nitrogens with one attached hydrogen (secondary N) is 3. The Bertz CT molecular complexity index is 1190. The van der Waals surface area contributed by atoms with E-state index in [1.165, 1.54) is 28.1 Å². The maximum absolute atomic E-state index is 13.4. The van der Waals surface area contributed by atoms with Crippen molar-refractivity contribution in [3.63, 3.8) is 0 Å². The summed E-state index contributed by atoms with van der Waals surface area (Å²) in [5, 5.41) is 15.4. The standard InChI is InChI=1S/C21H22F3N9O2/c1-12(21(22,23)24)27-19(34)15-2-3-16-18(28-15)33(14-5-8-31(16)11-14)20(35)29-17-10-13(4-6-25-17)32-9-7-26-30-32/h2-4,6-7,9-10,12,14-15,28H,5,8,11H2,1H3,(H,27,34)(H,25,29,35)/t12-,14?,15?/m1/s1. The van der Waals surface area contributed by atoms with Gasteiger partial charge in [-0.15, -0.1) is 5.10 Å². The van der Waals surface area contributed by atoms with Crippen molar-refractivity contribution >= 4 is 17.8 Å². The van der Waals surface area contributed by atoms with Crippen LogP contribution in [0.5, 0.6) is 0 Å². The first kappa shape index (κ1) is 22.7. The average molecular weight is 489 g/mol. The largest absolute Gasteiger partial charge is 0.408 e. The zero-order chi connectivity index (χ0) is 24.7. The van der Waals surface area contributed by atoms with Gasteiger partial charge in [0.05, 0.1) is 29.8 Å². The van der Waals surface area contributed by atoms with E-state index in [2.05, 4.69) is 30.8 Å². The Balaban J connectivity index is 1.35. The number of anilines is 1. The molecule has 2 bridgehead atoms. The molecule has 184 valence electrons. The maximum Gasteiger partial charge on any atom is 0.408 e. The maximum atomic E-state index is 13.4. The third kappa shape index (κ3) is 4.38. The van der Waals surface area contributed by atoms with E-state index < -0.39 is 30.2 Å². The lowest BCUT2D eigenvalue weighted by Crippen LogP contribution is -2.57. The van der Waals surface area contributed by atoms with Gasteiger partial charge in [-0.25, -0.2) is 14.5 Å². The molecular formula is C21H22F3N9O2. The van der Waals surface area contributed by atoms with Crippen molar-refractivity contribution in [2.75, 3.05) is 18.4 Å². The van der Waals surface area contributed by atoms with Gasteiger partial charge in [0.25, 0.3) is 0 Å². The molecule has 1 saturated heterocycles. The van der Waals surface area contributed by atoms with E-state index in [9.17, 15) is 22.8 Å². The summed E-state index contributed by atoms with van der Waals surface area (Å²) < 4.78 is 40.2. The number of allylic oxidation sites excluding steroid dienone is 1. The van der Waals surface area contributed by atoms with Gasteiger partial charge in [-0.2, -0.15) is 13.2 Å². The Kier molecular flexibility index (Phi) is 5.57. The molecule has 5 rings (SSSR count). The molecule has 14 heteroatoms. The van der Waals surface area contributed by atoms with Gasteiger partial charge >= 0.3 is 12.2 Å². The summed E-state index contributed by atoms with van der Waals surface area (Å²) in [6.07, 6.45) is 4.00. The van der Waals surface area contributed by atoms with Crippen LogP contribution in [-0.2, 0) is 4.79 Å². The number of carbonyl (C=O) groups is 2. The average Bonchev–Trinajstić information content (AvgIpc) is 3.50. The number of hydrogen-bond acceptors (Lipinski definition) is 7. The molecule has 1 fully saturated rings. The summed E-state index contributed by atoms with van der Waals surface area (Å²) in [5.74, 6) is -0.190. The number of dihydropyridines is 1. The second kappa shape index (κ2) is 8.60. The fourth-order valence-electron chi connectivity index (χ4n) is 4.29. The number of rotatable bonds is 4. The Morgan fingerprint density at radius 3 is 2.86 bits per heavy atom. The SMILES string of the molecule is C[C@@H](NC(=O)C1C=CC2=C(N1)N(C(=O)Nc1cc(-n3ccnn3)ccn1)C1CCN2C1)C(F)(F)F. The van der Waals surface area contributed by atoms with Crippen LogP contribution in [0.25, 0.3) is 5.69 Å². The highest BCUT2D eigenvalue weighted by molar-refractivity contribution is 5.91. The number of fused-ring (bicyclic) bond motifs is 3. The molecule has 3 amide bonds. The van der Waals surface area contributed by atoms with Crippen LogP contribution in [0.4, 0.5) is 23.8 Å². The number of carbonyl (C=O) groups excluding carboxylic acids is 2. The monoisotopic (exact) mass is 489 g/mol. The van der Waals surface area contributed by atoms with Gasteiger partial charge in [-0.1, -0.05) is 11.3 Å². The smallest absolute Gasteiger partial charge is 0.366 e. The van der Waals surface area contributed by atoms with E-state index in [-0.39, 0.29) is 11.9 Å². The van der Waals surface area contributed by atoms with Crippen molar-refractivity contribution < 1.29 is 22.8 Å². The van der Waals surface area contributed by atoms with Crippen molar-refractivity contribution in [2.45, 2.75) is 37.6 Å². The zero-order valence-corrected chi connectivity index (χ0v) is 18.5. The lowest BCUT2D eigenvalue weighted by atomic mass is 10.1. The molecule has 35 heavy (non-hydrogen) atoms. The Labute approximate surface area is 197 Å². The fraction of sp³-hybridized carbons (Fsp3) is 0.381. The molecule has 2 unspecified atom stereocenters. The van der Waals surface area contributed by atoms with Crippen molar-refractivity contribution in [3.05, 3.63) is 54.4 Å². The summed E-state index contributed by atoms with van der Waals surface area (Å²) >= 11 is 0. The third-order valence-electron chi connectivity index (χ3n) is 6.11. The first-order valence-corrected chi connectivity index (χ1v) is 10.9. The first-order valence-electron chi connectivity index (χ1n) is 10.9. The molecule has 3 aliphatic heterocycles. The highest BCUT2D eigenvalue weighted by Crippen LogP contribution is 2.33. The highest BCUT2D eigenvalue weighted by atomic mass is 19.4. The summed E-state index contributed by atoms with van der Waals surface area (Å²) in [6.45, 7) is 2.19. The molecule has 3 aliphatic rings. The van der Waals surface area contributed by atoms with Crippen LogP contribution in [-0.4, -0.2) is 79.1 Å². The lowest BCUT2D eigenvalue weighted by Gasteiger charge is -2.41. The predicted octanol–water partition coefficient (Wildman–Crippen LogP) is 1.35. The second-order valence-electron chi connectivity index (χ2n) is 8.42. The number of urea groups is 1. The van der Waals surface area contributed by atoms with Crippen molar-refractivity contribution in [2.24, 2.45) is 0 Å². The third-order valence-corrected chi connectivity index (χ3v) is 6.11. The molecule has 3 N–H and O–H groups in total. The van der Waals surface area contributed by atoms with Gasteiger partial charge in [-0.05, 0) is 25.5 Å². The van der Waals surface area contributed by atoms with E-state index in [0.717, 1.165) is 6.92 Å². The van der Waals surface area contributed by atoms with Crippen molar-refractivity contribution in [3.8, 4) is 5.69 Å². The van der Waals surface area contributed by atoms with Crippen LogP contribution in [0.2, 0.25) is 0 Å². The number of halogens is 3.